The number of carbonyl (C=O) groups excluding carboxylic acids is 2. The normalized spacial score (nSPS) is 13.4. The maximum atomic E-state index is 12.2. The molecule has 1 aromatic rings. The lowest BCUT2D eigenvalue weighted by Gasteiger charge is -2.14. The van der Waals surface area contributed by atoms with Crippen molar-refractivity contribution in [1.82, 2.24) is 19.8 Å². The summed E-state index contributed by atoms with van der Waals surface area (Å²) in [5, 5.41) is 5.69. The van der Waals surface area contributed by atoms with Crippen molar-refractivity contribution in [3.8, 4) is 0 Å². The molecule has 0 fully saturated rings. The lowest BCUT2D eigenvalue weighted by atomic mass is 10.3. The third-order valence-electron chi connectivity index (χ3n) is 3.15. The third-order valence-corrected chi connectivity index (χ3v) is 3.15. The summed E-state index contributed by atoms with van der Waals surface area (Å²) in [5.41, 5.74) is 0.420. The number of hydrogen-bond donors (Lipinski definition) is 2. The predicted octanol–water partition coefficient (Wildman–Crippen LogP) is -0.0932. The fourth-order valence-corrected chi connectivity index (χ4v) is 1.97. The van der Waals surface area contributed by atoms with Crippen molar-refractivity contribution in [3.05, 3.63) is 11.9 Å². The van der Waals surface area contributed by atoms with Crippen molar-refractivity contribution < 1.29 is 9.59 Å². The van der Waals surface area contributed by atoms with Crippen LogP contribution in [0.25, 0.3) is 0 Å². The van der Waals surface area contributed by atoms with Gasteiger partial charge in [-0.25, -0.2) is 4.98 Å². The van der Waals surface area contributed by atoms with Crippen LogP contribution in [-0.2, 0) is 11.3 Å². The summed E-state index contributed by atoms with van der Waals surface area (Å²) in [7, 11) is 3.26. The molecule has 0 aliphatic carbocycles. The van der Waals surface area contributed by atoms with Crippen molar-refractivity contribution in [2.24, 2.45) is 0 Å². The van der Waals surface area contributed by atoms with Gasteiger partial charge in [-0.05, 0) is 6.42 Å². The van der Waals surface area contributed by atoms with E-state index < -0.39 is 0 Å². The average Bonchev–Trinajstić information content (AvgIpc) is 2.87. The van der Waals surface area contributed by atoms with E-state index in [9.17, 15) is 9.59 Å². The summed E-state index contributed by atoms with van der Waals surface area (Å²) in [6.45, 7) is 2.15. The summed E-state index contributed by atoms with van der Waals surface area (Å²) in [5.74, 6) is 0.507. The van der Waals surface area contributed by atoms with Crippen LogP contribution in [-0.4, -0.2) is 53.5 Å². The second-order valence-electron chi connectivity index (χ2n) is 4.57. The Labute approximate surface area is 112 Å². The van der Waals surface area contributed by atoms with E-state index in [1.807, 2.05) is 4.57 Å². The lowest BCUT2D eigenvalue weighted by molar-refractivity contribution is -0.120. The number of carbonyl (C=O) groups is 2. The zero-order chi connectivity index (χ0) is 13.8. The highest BCUT2D eigenvalue weighted by molar-refractivity contribution is 5.92. The summed E-state index contributed by atoms with van der Waals surface area (Å²) in [6.07, 6.45) is 3.09. The van der Waals surface area contributed by atoms with Gasteiger partial charge in [-0.1, -0.05) is 0 Å². The van der Waals surface area contributed by atoms with Crippen LogP contribution in [0.4, 0.5) is 5.95 Å². The van der Waals surface area contributed by atoms with Crippen LogP contribution in [0.3, 0.4) is 0 Å². The standard InChI is InChI=1S/C12H19N5O2/c1-13-10(18)4-7-16(2)11(19)9-8-17-6-3-5-14-12(17)15-9/h8H,3-7H2,1-2H3,(H,13,18)(H,14,15). The van der Waals surface area contributed by atoms with Crippen LogP contribution in [0.5, 0.6) is 0 Å². The first-order valence-corrected chi connectivity index (χ1v) is 6.39. The van der Waals surface area contributed by atoms with E-state index in [-0.39, 0.29) is 11.8 Å². The fourth-order valence-electron chi connectivity index (χ4n) is 1.97. The first kappa shape index (κ1) is 13.4. The molecule has 0 saturated carbocycles. The molecule has 2 heterocycles. The van der Waals surface area contributed by atoms with Crippen molar-refractivity contribution in [2.75, 3.05) is 32.5 Å². The maximum absolute atomic E-state index is 12.2. The van der Waals surface area contributed by atoms with Crippen LogP contribution < -0.4 is 10.6 Å². The summed E-state index contributed by atoms with van der Waals surface area (Å²) in [6, 6.07) is 0. The van der Waals surface area contributed by atoms with Gasteiger partial charge in [0.1, 0.15) is 5.69 Å². The number of aryl methyl sites for hydroxylation is 1. The number of nitrogens with one attached hydrogen (secondary N) is 2. The van der Waals surface area contributed by atoms with Crippen molar-refractivity contribution in [1.29, 1.82) is 0 Å². The molecule has 0 bridgehead atoms. The van der Waals surface area contributed by atoms with Gasteiger partial charge >= 0.3 is 0 Å². The van der Waals surface area contributed by atoms with Gasteiger partial charge < -0.3 is 20.1 Å². The van der Waals surface area contributed by atoms with Gasteiger partial charge in [0.25, 0.3) is 5.91 Å². The van der Waals surface area contributed by atoms with E-state index in [1.165, 1.54) is 4.90 Å². The molecule has 1 aliphatic rings. The van der Waals surface area contributed by atoms with Crippen LogP contribution in [0.1, 0.15) is 23.3 Å². The van der Waals surface area contributed by atoms with E-state index in [2.05, 4.69) is 15.6 Å². The zero-order valence-corrected chi connectivity index (χ0v) is 11.3. The molecule has 0 unspecified atom stereocenters. The highest BCUT2D eigenvalue weighted by Crippen LogP contribution is 2.15. The molecule has 0 atom stereocenters. The van der Waals surface area contributed by atoms with Crippen LogP contribution >= 0.6 is 0 Å². The van der Waals surface area contributed by atoms with Crippen LogP contribution in [0.15, 0.2) is 6.20 Å². The Morgan fingerprint density at radius 3 is 3.05 bits per heavy atom. The van der Waals surface area contributed by atoms with Crippen molar-refractivity contribution >= 4 is 17.8 Å². The Hall–Kier alpha value is -2.05. The molecule has 1 aromatic heterocycles. The lowest BCUT2D eigenvalue weighted by Crippen LogP contribution is -2.31. The quantitative estimate of drug-likeness (QED) is 0.797. The van der Waals surface area contributed by atoms with E-state index >= 15 is 0 Å². The monoisotopic (exact) mass is 265 g/mol. The molecule has 0 aromatic carbocycles. The fraction of sp³-hybridized carbons (Fsp3) is 0.583. The van der Waals surface area contributed by atoms with Gasteiger partial charge in [0.2, 0.25) is 11.9 Å². The SMILES string of the molecule is CNC(=O)CCN(C)C(=O)c1cn2c(n1)NCCC2. The van der Waals surface area contributed by atoms with Gasteiger partial charge in [-0.3, -0.25) is 9.59 Å². The average molecular weight is 265 g/mol. The highest BCUT2D eigenvalue weighted by Gasteiger charge is 2.19. The van der Waals surface area contributed by atoms with Crippen molar-refractivity contribution in [3.63, 3.8) is 0 Å². The Morgan fingerprint density at radius 1 is 1.58 bits per heavy atom. The number of fused-ring (bicyclic) bond motifs is 1. The molecule has 7 nitrogen and oxygen atoms in total. The van der Waals surface area contributed by atoms with Gasteiger partial charge in [-0.2, -0.15) is 0 Å². The Morgan fingerprint density at radius 2 is 2.37 bits per heavy atom. The minimum atomic E-state index is -0.160. The maximum Gasteiger partial charge on any atom is 0.273 e. The summed E-state index contributed by atoms with van der Waals surface area (Å²) < 4.78 is 1.95. The molecule has 2 rings (SSSR count). The van der Waals surface area contributed by atoms with Gasteiger partial charge in [-0.15, -0.1) is 0 Å². The molecule has 19 heavy (non-hydrogen) atoms. The molecule has 2 N–H and O–H groups in total. The second kappa shape index (κ2) is 5.73. The highest BCUT2D eigenvalue weighted by atomic mass is 16.2. The molecular formula is C12H19N5O2. The number of aromatic nitrogens is 2. The molecule has 2 amide bonds. The summed E-state index contributed by atoms with van der Waals surface area (Å²) in [4.78, 5) is 29.1. The number of anilines is 1. The van der Waals surface area contributed by atoms with Gasteiger partial charge in [0.15, 0.2) is 0 Å². The van der Waals surface area contributed by atoms with Crippen molar-refractivity contribution in [2.45, 2.75) is 19.4 Å². The Balaban J connectivity index is 1.98. The van der Waals surface area contributed by atoms with Crippen LogP contribution in [0, 0.1) is 0 Å². The smallest absolute Gasteiger partial charge is 0.273 e. The van der Waals surface area contributed by atoms with Crippen LogP contribution in [0.2, 0.25) is 0 Å². The zero-order valence-electron chi connectivity index (χ0n) is 11.3. The number of hydrogen-bond acceptors (Lipinski definition) is 4. The third kappa shape index (κ3) is 3.04. The van der Waals surface area contributed by atoms with E-state index in [1.54, 1.807) is 20.3 Å². The number of rotatable bonds is 4. The predicted molar refractivity (Wildman–Crippen MR) is 71.0 cm³/mol. The largest absolute Gasteiger partial charge is 0.359 e. The molecule has 0 spiro atoms. The topological polar surface area (TPSA) is 79.3 Å². The minimum absolute atomic E-state index is 0.0783. The first-order valence-electron chi connectivity index (χ1n) is 6.39. The Kier molecular flexibility index (Phi) is 4.03. The molecule has 0 saturated heterocycles. The summed E-state index contributed by atoms with van der Waals surface area (Å²) >= 11 is 0. The number of imidazole rings is 1. The Bertz CT molecular complexity index is 459. The molecule has 7 heteroatoms. The molecule has 1 aliphatic heterocycles. The first-order chi connectivity index (χ1) is 9.11. The van der Waals surface area contributed by atoms with Gasteiger partial charge in [0, 0.05) is 46.3 Å². The number of amides is 2. The van der Waals surface area contributed by atoms with E-state index in [0.717, 1.165) is 25.5 Å². The molecule has 0 radical (unpaired) electrons. The number of nitrogens with zero attached hydrogens (tertiary/aromatic N) is 3. The molecular weight excluding hydrogens is 246 g/mol. The second-order valence-corrected chi connectivity index (χ2v) is 4.57. The molecule has 104 valence electrons. The van der Waals surface area contributed by atoms with E-state index in [4.69, 9.17) is 0 Å². The van der Waals surface area contributed by atoms with E-state index in [0.29, 0.717) is 18.7 Å². The van der Waals surface area contributed by atoms with Gasteiger partial charge in [0.05, 0.1) is 0 Å². The minimum Gasteiger partial charge on any atom is -0.359 e.